The fraction of sp³-hybridized carbons (Fsp3) is 0.346. The predicted octanol–water partition coefficient (Wildman–Crippen LogP) is 4.40. The molecule has 1 unspecified atom stereocenters. The number of hydrogen-bond donors (Lipinski definition) is 1. The summed E-state index contributed by atoms with van der Waals surface area (Å²) in [4.78, 5) is 24.8. The normalized spacial score (nSPS) is 16.6. The number of piperazine rings is 1. The molecule has 0 amide bonds. The molecule has 5 rings (SSSR count). The zero-order valence-electron chi connectivity index (χ0n) is 20.9. The van der Waals surface area contributed by atoms with Gasteiger partial charge in [-0.25, -0.2) is 4.98 Å². The molecule has 4 aromatic rings. The highest BCUT2D eigenvalue weighted by Crippen LogP contribution is 2.33. The van der Waals surface area contributed by atoms with Crippen LogP contribution in [-0.4, -0.2) is 65.6 Å². The Morgan fingerprint density at radius 2 is 2.03 bits per heavy atom. The number of nitrogens with zero attached hydrogens (tertiary/aromatic N) is 8. The lowest BCUT2D eigenvalue weighted by Crippen LogP contribution is -2.58. The van der Waals surface area contributed by atoms with Crippen molar-refractivity contribution in [3.63, 3.8) is 0 Å². The van der Waals surface area contributed by atoms with Crippen LogP contribution in [-0.2, 0) is 0 Å². The van der Waals surface area contributed by atoms with Crippen molar-refractivity contribution in [3.05, 3.63) is 48.0 Å². The first-order chi connectivity index (χ1) is 17.5. The Bertz CT molecular complexity index is 1450. The van der Waals surface area contributed by atoms with Gasteiger partial charge in [0.15, 0.2) is 5.82 Å². The van der Waals surface area contributed by atoms with Gasteiger partial charge in [-0.05, 0) is 41.6 Å². The van der Waals surface area contributed by atoms with Gasteiger partial charge < -0.3 is 20.0 Å². The van der Waals surface area contributed by atoms with Crippen molar-refractivity contribution < 1.29 is 0 Å². The molecule has 10 heteroatoms. The van der Waals surface area contributed by atoms with E-state index < -0.39 is 0 Å². The van der Waals surface area contributed by atoms with Crippen molar-refractivity contribution in [1.82, 2.24) is 19.9 Å². The van der Waals surface area contributed by atoms with Crippen LogP contribution in [0.1, 0.15) is 13.8 Å². The second-order valence-electron chi connectivity index (χ2n) is 9.36. The molecule has 0 aliphatic carbocycles. The summed E-state index contributed by atoms with van der Waals surface area (Å²) < 4.78 is 1.10. The Morgan fingerprint density at radius 3 is 2.81 bits per heavy atom. The predicted molar refractivity (Wildman–Crippen MR) is 148 cm³/mol. The van der Waals surface area contributed by atoms with Crippen LogP contribution in [0.25, 0.3) is 21.1 Å². The van der Waals surface area contributed by atoms with Gasteiger partial charge in [0.05, 0.1) is 27.5 Å². The highest BCUT2D eigenvalue weighted by atomic mass is 32.1. The van der Waals surface area contributed by atoms with Crippen molar-refractivity contribution in [2.24, 2.45) is 10.9 Å². The average molecular weight is 500 g/mol. The number of hydrogen-bond acceptors (Lipinski definition) is 8. The summed E-state index contributed by atoms with van der Waals surface area (Å²) in [5, 5.41) is 16.0. The first kappa shape index (κ1) is 23.8. The maximum atomic E-state index is 9.54. The molecule has 1 fully saturated rings. The van der Waals surface area contributed by atoms with Gasteiger partial charge in [0.25, 0.3) is 0 Å². The fourth-order valence-corrected chi connectivity index (χ4v) is 5.48. The Labute approximate surface area is 214 Å². The van der Waals surface area contributed by atoms with Gasteiger partial charge in [-0.3, -0.25) is 4.98 Å². The Kier molecular flexibility index (Phi) is 6.57. The summed E-state index contributed by atoms with van der Waals surface area (Å²) in [5.74, 6) is 2.56. The SMILES string of the molecule is CC(C)C1CN(c2nc(N(C)C)nc3ccsc23)CCN1/C(=N/C#N)Nc1cccc2ncccc12. The van der Waals surface area contributed by atoms with Crippen molar-refractivity contribution in [1.29, 1.82) is 5.26 Å². The quantitative estimate of drug-likeness (QED) is 0.251. The Morgan fingerprint density at radius 1 is 1.17 bits per heavy atom. The Balaban J connectivity index is 1.47. The lowest BCUT2D eigenvalue weighted by atomic mass is 9.99. The molecule has 0 radical (unpaired) electrons. The third kappa shape index (κ3) is 4.50. The van der Waals surface area contributed by atoms with E-state index >= 15 is 0 Å². The zero-order valence-corrected chi connectivity index (χ0v) is 21.7. The topological polar surface area (TPSA) is 96.6 Å². The largest absolute Gasteiger partial charge is 0.351 e. The molecule has 9 nitrogen and oxygen atoms in total. The number of benzene rings is 1. The molecule has 184 valence electrons. The minimum absolute atomic E-state index is 0.124. The van der Waals surface area contributed by atoms with Crippen LogP contribution in [0.2, 0.25) is 0 Å². The first-order valence-corrected chi connectivity index (χ1v) is 12.9. The van der Waals surface area contributed by atoms with Crippen LogP contribution in [0.3, 0.4) is 0 Å². The summed E-state index contributed by atoms with van der Waals surface area (Å²) in [6.07, 6.45) is 3.79. The molecule has 1 N–H and O–H groups in total. The van der Waals surface area contributed by atoms with Crippen LogP contribution >= 0.6 is 11.3 Å². The molecule has 3 aromatic heterocycles. The first-order valence-electron chi connectivity index (χ1n) is 12.0. The second-order valence-corrected chi connectivity index (χ2v) is 10.3. The Hall–Kier alpha value is -3.97. The lowest BCUT2D eigenvalue weighted by Gasteiger charge is -2.45. The van der Waals surface area contributed by atoms with Crippen LogP contribution in [0.15, 0.2) is 53.0 Å². The van der Waals surface area contributed by atoms with E-state index in [0.717, 1.165) is 45.7 Å². The molecule has 0 bridgehead atoms. The number of rotatable bonds is 4. The minimum Gasteiger partial charge on any atom is -0.351 e. The molecular weight excluding hydrogens is 470 g/mol. The molecule has 1 atom stereocenters. The average Bonchev–Trinajstić information content (AvgIpc) is 3.36. The number of aromatic nitrogens is 3. The van der Waals surface area contributed by atoms with Gasteiger partial charge in [0.1, 0.15) is 0 Å². The lowest BCUT2D eigenvalue weighted by molar-refractivity contribution is 0.224. The summed E-state index contributed by atoms with van der Waals surface area (Å²) in [7, 11) is 3.93. The van der Waals surface area contributed by atoms with E-state index in [1.807, 2.05) is 55.5 Å². The number of guanidine groups is 1. The minimum atomic E-state index is 0.124. The van der Waals surface area contributed by atoms with Gasteiger partial charge >= 0.3 is 0 Å². The molecule has 0 spiro atoms. The molecule has 1 aromatic carbocycles. The summed E-state index contributed by atoms with van der Waals surface area (Å²) in [5.41, 5.74) is 2.74. The number of nitrogens with one attached hydrogen (secondary N) is 1. The third-order valence-corrected chi connectivity index (χ3v) is 7.38. The van der Waals surface area contributed by atoms with E-state index in [2.05, 4.69) is 50.4 Å². The summed E-state index contributed by atoms with van der Waals surface area (Å²) in [6, 6.07) is 12.0. The van der Waals surface area contributed by atoms with E-state index in [4.69, 9.17) is 9.97 Å². The van der Waals surface area contributed by atoms with Crippen molar-refractivity contribution >= 4 is 55.9 Å². The molecule has 4 heterocycles. The number of thiophene rings is 1. The molecule has 1 aliphatic heterocycles. The molecule has 0 saturated carbocycles. The molecular formula is C26H29N9S. The van der Waals surface area contributed by atoms with Gasteiger partial charge in [0.2, 0.25) is 18.1 Å². The van der Waals surface area contributed by atoms with Gasteiger partial charge in [0, 0.05) is 45.3 Å². The number of aliphatic imine (C=N–C) groups is 1. The monoisotopic (exact) mass is 499 g/mol. The maximum Gasteiger partial charge on any atom is 0.227 e. The summed E-state index contributed by atoms with van der Waals surface area (Å²) in [6.45, 7) is 6.63. The highest BCUT2D eigenvalue weighted by molar-refractivity contribution is 7.17. The van der Waals surface area contributed by atoms with Crippen molar-refractivity contribution in [3.8, 4) is 6.19 Å². The maximum absolute atomic E-state index is 9.54. The van der Waals surface area contributed by atoms with Crippen molar-refractivity contribution in [2.75, 3.05) is 48.8 Å². The molecule has 1 saturated heterocycles. The number of pyridine rings is 1. The van der Waals surface area contributed by atoms with Gasteiger partial charge in [-0.1, -0.05) is 19.9 Å². The standard InChI is InChI=1S/C26H29N9S/c1-17(2)22-15-34(24-23-21(10-14-36-23)31-26(32-24)33(3)4)12-13-35(22)25(29-16-27)30-20-9-5-8-19-18(20)7-6-11-28-19/h5-11,14,17,22H,12-13,15H2,1-4H3,(H,29,30). The van der Waals surface area contributed by atoms with Crippen LogP contribution in [0.4, 0.5) is 17.5 Å². The van der Waals surface area contributed by atoms with E-state index in [9.17, 15) is 5.26 Å². The van der Waals surface area contributed by atoms with E-state index in [-0.39, 0.29) is 6.04 Å². The number of nitriles is 1. The van der Waals surface area contributed by atoms with Gasteiger partial charge in [-0.15, -0.1) is 16.3 Å². The second kappa shape index (κ2) is 9.95. The highest BCUT2D eigenvalue weighted by Gasteiger charge is 2.33. The van der Waals surface area contributed by atoms with Crippen LogP contribution in [0.5, 0.6) is 0 Å². The number of anilines is 3. The van der Waals surface area contributed by atoms with E-state index in [1.165, 1.54) is 0 Å². The third-order valence-electron chi connectivity index (χ3n) is 6.48. The molecule has 36 heavy (non-hydrogen) atoms. The smallest absolute Gasteiger partial charge is 0.227 e. The fourth-order valence-electron chi connectivity index (χ4n) is 4.63. The van der Waals surface area contributed by atoms with Gasteiger partial charge in [-0.2, -0.15) is 10.2 Å². The zero-order chi connectivity index (χ0) is 25.2. The van der Waals surface area contributed by atoms with Crippen LogP contribution < -0.4 is 15.1 Å². The van der Waals surface area contributed by atoms with Crippen molar-refractivity contribution in [2.45, 2.75) is 19.9 Å². The van der Waals surface area contributed by atoms with E-state index in [1.54, 1.807) is 17.5 Å². The summed E-state index contributed by atoms with van der Waals surface area (Å²) >= 11 is 1.67. The van der Waals surface area contributed by atoms with E-state index in [0.29, 0.717) is 24.4 Å². The van der Waals surface area contributed by atoms with Crippen LogP contribution in [0, 0.1) is 17.4 Å². The molecule has 1 aliphatic rings. The number of fused-ring (bicyclic) bond motifs is 2.